The highest BCUT2D eigenvalue weighted by atomic mass is 16.7. The van der Waals surface area contributed by atoms with Crippen LogP contribution in [0.2, 0.25) is 0 Å². The molecular formula is C25H38BNO6. The predicted octanol–water partition coefficient (Wildman–Crippen LogP) is 4.38. The monoisotopic (exact) mass is 459 g/mol. The summed E-state index contributed by atoms with van der Waals surface area (Å²) in [5.74, 6) is 0.0865. The van der Waals surface area contributed by atoms with Gasteiger partial charge in [0.1, 0.15) is 5.60 Å². The minimum absolute atomic E-state index is 0.00398. The first-order valence-electron chi connectivity index (χ1n) is 11.9. The van der Waals surface area contributed by atoms with Crippen LogP contribution in [-0.2, 0) is 23.6 Å². The van der Waals surface area contributed by atoms with Crippen LogP contribution in [0.25, 0.3) is 0 Å². The first-order valence-corrected chi connectivity index (χ1v) is 11.9. The Bertz CT molecular complexity index is 871. The van der Waals surface area contributed by atoms with Crippen molar-refractivity contribution in [1.29, 1.82) is 0 Å². The Morgan fingerprint density at radius 2 is 1.73 bits per heavy atom. The molecule has 1 atom stereocenters. The fraction of sp³-hybridized carbons (Fsp3) is 0.680. The van der Waals surface area contributed by atoms with E-state index in [1.54, 1.807) is 27.7 Å². The number of nitrogens with one attached hydrogen (secondary N) is 1. The van der Waals surface area contributed by atoms with Crippen LogP contribution in [0.4, 0.5) is 4.79 Å². The summed E-state index contributed by atoms with van der Waals surface area (Å²) in [6.07, 6.45) is 1.66. The van der Waals surface area contributed by atoms with Gasteiger partial charge in [-0.05, 0) is 90.7 Å². The Balaban J connectivity index is 1.94. The molecule has 2 aliphatic rings. The van der Waals surface area contributed by atoms with Crippen molar-refractivity contribution in [3.8, 4) is 0 Å². The van der Waals surface area contributed by atoms with Gasteiger partial charge in [0.2, 0.25) is 0 Å². The first kappa shape index (κ1) is 25.6. The molecule has 182 valence electrons. The maximum absolute atomic E-state index is 12.6. The van der Waals surface area contributed by atoms with Crippen molar-refractivity contribution in [2.24, 2.45) is 0 Å². The summed E-state index contributed by atoms with van der Waals surface area (Å²) in [4.78, 5) is 25.0. The van der Waals surface area contributed by atoms with Crippen LogP contribution in [-0.4, -0.2) is 42.6 Å². The van der Waals surface area contributed by atoms with Gasteiger partial charge in [-0.3, -0.25) is 4.79 Å². The van der Waals surface area contributed by atoms with Gasteiger partial charge in [0.25, 0.3) is 0 Å². The molecule has 1 aliphatic heterocycles. The molecular weight excluding hydrogens is 421 g/mol. The molecule has 3 rings (SSSR count). The average Bonchev–Trinajstić information content (AvgIpc) is 3.47. The Kier molecular flexibility index (Phi) is 7.20. The van der Waals surface area contributed by atoms with Gasteiger partial charge in [-0.2, -0.15) is 0 Å². The van der Waals surface area contributed by atoms with Crippen LogP contribution in [0.3, 0.4) is 0 Å². The molecule has 7 nitrogen and oxygen atoms in total. The average molecular weight is 459 g/mol. The van der Waals surface area contributed by atoms with Crippen molar-refractivity contribution in [2.75, 3.05) is 6.61 Å². The van der Waals surface area contributed by atoms with E-state index < -0.39 is 36.1 Å². The zero-order valence-corrected chi connectivity index (χ0v) is 21.2. The van der Waals surface area contributed by atoms with E-state index in [2.05, 4.69) is 17.4 Å². The van der Waals surface area contributed by atoms with Crippen molar-refractivity contribution in [1.82, 2.24) is 5.32 Å². The van der Waals surface area contributed by atoms with Crippen LogP contribution in [0.5, 0.6) is 0 Å². The molecule has 1 saturated carbocycles. The summed E-state index contributed by atoms with van der Waals surface area (Å²) in [5, 5.41) is 2.87. The molecule has 33 heavy (non-hydrogen) atoms. The lowest BCUT2D eigenvalue weighted by atomic mass is 9.76. The SMILES string of the molecule is CCOC(=O)C[C@H](NC(=O)OC(C)(C)C)c1cc(B2OC(C)(C)C(C)(C)O2)cc(C2CC2)c1. The first-order chi connectivity index (χ1) is 15.2. The number of carbonyl (C=O) groups excluding carboxylic acids is 2. The third-order valence-corrected chi connectivity index (χ3v) is 6.34. The van der Waals surface area contributed by atoms with Crippen LogP contribution in [0.1, 0.15) is 97.7 Å². The number of alkyl carbamates (subject to hydrolysis) is 1. The van der Waals surface area contributed by atoms with E-state index in [1.807, 2.05) is 33.8 Å². The van der Waals surface area contributed by atoms with Gasteiger partial charge in [0, 0.05) is 0 Å². The minimum Gasteiger partial charge on any atom is -0.466 e. The lowest BCUT2D eigenvalue weighted by Gasteiger charge is -2.32. The van der Waals surface area contributed by atoms with Gasteiger partial charge in [-0.25, -0.2) is 4.79 Å². The molecule has 1 amide bonds. The number of carbonyl (C=O) groups is 2. The third kappa shape index (κ3) is 6.51. The van der Waals surface area contributed by atoms with Gasteiger partial charge in [0.05, 0.1) is 30.3 Å². The molecule has 0 unspecified atom stereocenters. The summed E-state index contributed by atoms with van der Waals surface area (Å²) >= 11 is 0. The number of hydrogen-bond acceptors (Lipinski definition) is 6. The molecule has 1 aromatic rings. The summed E-state index contributed by atoms with van der Waals surface area (Å²) in [5.41, 5.74) is 1.27. The van der Waals surface area contributed by atoms with Crippen molar-refractivity contribution < 1.29 is 28.4 Å². The van der Waals surface area contributed by atoms with Gasteiger partial charge < -0.3 is 24.1 Å². The van der Waals surface area contributed by atoms with Gasteiger partial charge >= 0.3 is 19.2 Å². The summed E-state index contributed by atoms with van der Waals surface area (Å²) in [7, 11) is -0.530. The normalized spacial score (nSPS) is 20.3. The number of ether oxygens (including phenoxy) is 2. The van der Waals surface area contributed by atoms with E-state index >= 15 is 0 Å². The smallest absolute Gasteiger partial charge is 0.466 e. The van der Waals surface area contributed by atoms with Crippen molar-refractivity contribution >= 4 is 24.6 Å². The van der Waals surface area contributed by atoms with Crippen LogP contribution in [0.15, 0.2) is 18.2 Å². The molecule has 1 heterocycles. The number of hydrogen-bond donors (Lipinski definition) is 1. The standard InChI is InChI=1S/C25H38BNO6/c1-9-30-21(28)15-20(27-22(29)31-23(2,3)4)18-12-17(16-10-11-16)13-19(14-18)26-32-24(5,6)25(7,8)33-26/h12-14,16,20H,9-11,15H2,1-8H3,(H,27,29)/t20-/m0/s1. The van der Waals surface area contributed by atoms with E-state index in [-0.39, 0.29) is 19.0 Å². The van der Waals surface area contributed by atoms with Crippen LogP contribution in [0, 0.1) is 0 Å². The quantitative estimate of drug-likeness (QED) is 0.481. The summed E-state index contributed by atoms with van der Waals surface area (Å²) in [6, 6.07) is 5.54. The Morgan fingerprint density at radius 3 is 2.24 bits per heavy atom. The van der Waals surface area contributed by atoms with Crippen molar-refractivity contribution in [2.45, 2.75) is 103 Å². The second kappa shape index (κ2) is 9.30. The molecule has 0 radical (unpaired) electrons. The predicted molar refractivity (Wildman–Crippen MR) is 127 cm³/mol. The molecule has 0 bridgehead atoms. The molecule has 8 heteroatoms. The fourth-order valence-electron chi connectivity index (χ4n) is 3.76. The number of amides is 1. The largest absolute Gasteiger partial charge is 0.494 e. The zero-order valence-electron chi connectivity index (χ0n) is 21.2. The van der Waals surface area contributed by atoms with E-state index in [4.69, 9.17) is 18.8 Å². The molecule has 1 N–H and O–H groups in total. The molecule has 1 aromatic carbocycles. The number of esters is 1. The second-order valence-corrected chi connectivity index (χ2v) is 11.0. The van der Waals surface area contributed by atoms with E-state index in [1.165, 1.54) is 0 Å². The third-order valence-electron chi connectivity index (χ3n) is 6.34. The number of benzene rings is 1. The minimum atomic E-state index is -0.651. The van der Waals surface area contributed by atoms with E-state index in [9.17, 15) is 9.59 Å². The summed E-state index contributed by atoms with van der Waals surface area (Å²) in [6.45, 7) is 15.5. The Hall–Kier alpha value is -2.06. The van der Waals surface area contributed by atoms with Crippen molar-refractivity contribution in [3.63, 3.8) is 0 Å². The Morgan fingerprint density at radius 1 is 1.12 bits per heavy atom. The van der Waals surface area contributed by atoms with Gasteiger partial charge in [-0.15, -0.1) is 0 Å². The van der Waals surface area contributed by atoms with E-state index in [0.717, 1.165) is 29.4 Å². The lowest BCUT2D eigenvalue weighted by molar-refractivity contribution is -0.143. The summed E-state index contributed by atoms with van der Waals surface area (Å²) < 4.78 is 23.2. The van der Waals surface area contributed by atoms with Gasteiger partial charge in [-0.1, -0.05) is 18.2 Å². The highest BCUT2D eigenvalue weighted by Gasteiger charge is 2.52. The van der Waals surface area contributed by atoms with Crippen LogP contribution >= 0.6 is 0 Å². The highest BCUT2D eigenvalue weighted by Crippen LogP contribution is 2.41. The fourth-order valence-corrected chi connectivity index (χ4v) is 3.76. The van der Waals surface area contributed by atoms with Gasteiger partial charge in [0.15, 0.2) is 0 Å². The highest BCUT2D eigenvalue weighted by molar-refractivity contribution is 6.62. The molecule has 0 aromatic heterocycles. The molecule has 1 aliphatic carbocycles. The molecule has 1 saturated heterocycles. The maximum Gasteiger partial charge on any atom is 0.494 e. The maximum atomic E-state index is 12.6. The zero-order chi connectivity index (χ0) is 24.6. The molecule has 2 fully saturated rings. The topological polar surface area (TPSA) is 83.1 Å². The number of rotatable bonds is 7. The lowest BCUT2D eigenvalue weighted by Crippen LogP contribution is -2.41. The molecule has 0 spiro atoms. The van der Waals surface area contributed by atoms with E-state index in [0.29, 0.717) is 5.92 Å². The van der Waals surface area contributed by atoms with Crippen molar-refractivity contribution in [3.05, 3.63) is 29.3 Å². The van der Waals surface area contributed by atoms with Crippen LogP contribution < -0.4 is 10.8 Å². The Labute approximate surface area is 198 Å². The second-order valence-electron chi connectivity index (χ2n) is 11.0.